The zero-order chi connectivity index (χ0) is 10.6. The van der Waals surface area contributed by atoms with Crippen LogP contribution in [-0.2, 0) is 19.2 Å². The first-order chi connectivity index (χ1) is 6.78. The van der Waals surface area contributed by atoms with Crippen molar-refractivity contribution >= 4 is 31.0 Å². The fraction of sp³-hybridized carbons (Fsp3) is 0.125. The highest BCUT2D eigenvalue weighted by Gasteiger charge is 2.27. The van der Waals surface area contributed by atoms with E-state index in [9.17, 15) is 19.2 Å². The van der Waals surface area contributed by atoms with Crippen molar-refractivity contribution in [2.24, 2.45) is 4.99 Å². The highest BCUT2D eigenvalue weighted by Crippen LogP contribution is 2.10. The quantitative estimate of drug-likeness (QED) is 0.521. The minimum atomic E-state index is -1.10. The van der Waals surface area contributed by atoms with E-state index in [0.29, 0.717) is 25.3 Å². The minimum absolute atomic E-state index is 0.0531. The lowest BCUT2D eigenvalue weighted by molar-refractivity contribution is -0.123. The summed E-state index contributed by atoms with van der Waals surface area (Å²) in [6, 6.07) is -1.10. The van der Waals surface area contributed by atoms with Gasteiger partial charge in [-0.1, -0.05) is 0 Å². The van der Waals surface area contributed by atoms with E-state index in [-0.39, 0.29) is 11.4 Å². The summed E-state index contributed by atoms with van der Waals surface area (Å²) in [5.74, 6) is 0. The number of carbonyl (C=O) groups is 4. The van der Waals surface area contributed by atoms with Crippen LogP contribution in [0.15, 0.2) is 16.9 Å². The minimum Gasteiger partial charge on any atom is -0.301 e. The molecule has 0 radical (unpaired) electrons. The lowest BCUT2D eigenvalue weighted by Crippen LogP contribution is -2.43. The average Bonchev–Trinajstić information content (AvgIpc) is 2.26. The van der Waals surface area contributed by atoms with Gasteiger partial charge in [-0.15, -0.1) is 0 Å². The molecule has 1 rings (SSSR count). The molecule has 1 aliphatic rings. The number of carbonyl (C=O) groups excluding carboxylic acids is 4. The van der Waals surface area contributed by atoms with Crippen LogP contribution in [0.2, 0.25) is 0 Å². The van der Waals surface area contributed by atoms with Crippen LogP contribution in [0.5, 0.6) is 0 Å². The van der Waals surface area contributed by atoms with Crippen molar-refractivity contribution in [1.82, 2.24) is 4.90 Å². The molecule has 0 saturated heterocycles. The Balaban J connectivity index is 3.15. The number of aliphatic imine (C=N–C) groups is 1. The number of nitrogens with zero attached hydrogens (tertiary/aromatic N) is 2. The maximum atomic E-state index is 10.6. The normalized spacial score (nSPS) is 20.6. The van der Waals surface area contributed by atoms with Crippen molar-refractivity contribution in [3.63, 3.8) is 0 Å². The fourth-order valence-electron chi connectivity index (χ4n) is 1.04. The Kier molecular flexibility index (Phi) is 3.01. The van der Waals surface area contributed by atoms with Gasteiger partial charge in [0.25, 0.3) is 0 Å². The standard InChI is InChI=1S/C8H6N2O4/c11-2-6-1-9-7(3-12)8(4-13)10(6)5-14/h1-5,8H. The molecule has 72 valence electrons. The maximum absolute atomic E-state index is 10.6. The van der Waals surface area contributed by atoms with Crippen LogP contribution in [0.1, 0.15) is 0 Å². The molecule has 0 aliphatic carbocycles. The number of hydrogen-bond acceptors (Lipinski definition) is 5. The molecule has 0 spiro atoms. The Bertz CT molecular complexity index is 311. The number of amides is 1. The molecule has 0 aromatic rings. The summed E-state index contributed by atoms with van der Waals surface area (Å²) in [7, 11) is 0. The predicted molar refractivity (Wildman–Crippen MR) is 45.4 cm³/mol. The second kappa shape index (κ2) is 4.22. The molecule has 1 unspecified atom stereocenters. The Morgan fingerprint density at radius 1 is 1.21 bits per heavy atom. The third kappa shape index (κ3) is 1.49. The van der Waals surface area contributed by atoms with E-state index in [1.54, 1.807) is 0 Å². The highest BCUT2D eigenvalue weighted by atomic mass is 16.2. The number of allylic oxidation sites excluding steroid dienone is 1. The number of rotatable bonds is 4. The van der Waals surface area contributed by atoms with Crippen LogP contribution in [0, 0.1) is 0 Å². The van der Waals surface area contributed by atoms with Crippen LogP contribution in [0.4, 0.5) is 0 Å². The van der Waals surface area contributed by atoms with Crippen LogP contribution < -0.4 is 0 Å². The van der Waals surface area contributed by atoms with Gasteiger partial charge in [0.05, 0.1) is 6.20 Å². The van der Waals surface area contributed by atoms with E-state index in [0.717, 1.165) is 11.1 Å². The predicted octanol–water partition coefficient (Wildman–Crippen LogP) is -1.29. The molecule has 0 bridgehead atoms. The van der Waals surface area contributed by atoms with Gasteiger partial charge in [-0.05, 0) is 0 Å². The molecule has 0 N–H and O–H groups in total. The van der Waals surface area contributed by atoms with Crippen molar-refractivity contribution in [2.45, 2.75) is 6.04 Å². The summed E-state index contributed by atoms with van der Waals surface area (Å²) in [5, 5.41) is 0. The van der Waals surface area contributed by atoms with Crippen molar-refractivity contribution in [3.05, 3.63) is 11.9 Å². The largest absolute Gasteiger partial charge is 0.301 e. The molecule has 14 heavy (non-hydrogen) atoms. The van der Waals surface area contributed by atoms with E-state index in [1.165, 1.54) is 0 Å². The van der Waals surface area contributed by atoms with Crippen molar-refractivity contribution in [1.29, 1.82) is 0 Å². The summed E-state index contributed by atoms with van der Waals surface area (Å²) >= 11 is 0. The molecule has 1 aliphatic heterocycles. The highest BCUT2D eigenvalue weighted by molar-refractivity contribution is 6.35. The molecule has 6 heteroatoms. The third-order valence-corrected chi connectivity index (χ3v) is 1.73. The van der Waals surface area contributed by atoms with E-state index < -0.39 is 6.04 Å². The molecule has 0 fully saturated rings. The summed E-state index contributed by atoms with van der Waals surface area (Å²) in [6.45, 7) is 0. The summed E-state index contributed by atoms with van der Waals surface area (Å²) < 4.78 is 0. The van der Waals surface area contributed by atoms with Gasteiger partial charge in [-0.3, -0.25) is 24.3 Å². The molecule has 0 saturated carbocycles. The molecule has 6 nitrogen and oxygen atoms in total. The van der Waals surface area contributed by atoms with Gasteiger partial charge >= 0.3 is 0 Å². The maximum Gasteiger partial charge on any atom is 0.215 e. The second-order valence-electron chi connectivity index (χ2n) is 2.44. The van der Waals surface area contributed by atoms with Crippen molar-refractivity contribution < 1.29 is 19.2 Å². The van der Waals surface area contributed by atoms with Gasteiger partial charge in [0.1, 0.15) is 23.7 Å². The van der Waals surface area contributed by atoms with Gasteiger partial charge in [0.15, 0.2) is 12.6 Å². The van der Waals surface area contributed by atoms with E-state index in [1.807, 2.05) is 0 Å². The van der Waals surface area contributed by atoms with E-state index >= 15 is 0 Å². The van der Waals surface area contributed by atoms with Gasteiger partial charge in [-0.2, -0.15) is 0 Å². The zero-order valence-electron chi connectivity index (χ0n) is 6.99. The SMILES string of the molecule is O=CC1=CN=C(C=O)C(C=O)N1C=O. The summed E-state index contributed by atoms with van der Waals surface area (Å²) in [5.41, 5.74) is -0.152. The first-order valence-corrected chi connectivity index (χ1v) is 3.65. The molecule has 0 aromatic carbocycles. The lowest BCUT2D eigenvalue weighted by Gasteiger charge is -2.25. The third-order valence-electron chi connectivity index (χ3n) is 1.73. The molecule has 1 amide bonds. The van der Waals surface area contributed by atoms with Crippen LogP contribution >= 0.6 is 0 Å². The molecule has 1 heterocycles. The summed E-state index contributed by atoms with van der Waals surface area (Å²) in [6.07, 6.45) is 2.49. The number of aldehydes is 3. The lowest BCUT2D eigenvalue weighted by atomic mass is 10.1. The Labute approximate surface area is 78.9 Å². The molecule has 1 atom stereocenters. The first-order valence-electron chi connectivity index (χ1n) is 3.65. The fourth-order valence-corrected chi connectivity index (χ4v) is 1.04. The van der Waals surface area contributed by atoms with Crippen LogP contribution in [-0.4, -0.2) is 41.9 Å². The first kappa shape index (κ1) is 9.97. The Morgan fingerprint density at radius 2 is 1.93 bits per heavy atom. The monoisotopic (exact) mass is 194 g/mol. The Morgan fingerprint density at radius 3 is 2.36 bits per heavy atom. The van der Waals surface area contributed by atoms with Crippen LogP contribution in [0.3, 0.4) is 0 Å². The number of hydrogen-bond donors (Lipinski definition) is 0. The Hall–Kier alpha value is -2.11. The van der Waals surface area contributed by atoms with Gasteiger partial charge in [0, 0.05) is 0 Å². The molecular weight excluding hydrogens is 188 g/mol. The van der Waals surface area contributed by atoms with Gasteiger partial charge < -0.3 is 4.79 Å². The zero-order valence-corrected chi connectivity index (χ0v) is 6.99. The molecular formula is C8H6N2O4. The van der Waals surface area contributed by atoms with Crippen molar-refractivity contribution in [2.75, 3.05) is 0 Å². The van der Waals surface area contributed by atoms with Crippen molar-refractivity contribution in [3.8, 4) is 0 Å². The second-order valence-corrected chi connectivity index (χ2v) is 2.44. The van der Waals surface area contributed by atoms with Crippen LogP contribution in [0.25, 0.3) is 0 Å². The van der Waals surface area contributed by atoms with E-state index in [4.69, 9.17) is 0 Å². The van der Waals surface area contributed by atoms with Gasteiger partial charge in [-0.25, -0.2) is 0 Å². The van der Waals surface area contributed by atoms with E-state index in [2.05, 4.69) is 4.99 Å². The smallest absolute Gasteiger partial charge is 0.215 e. The average molecular weight is 194 g/mol. The summed E-state index contributed by atoms with van der Waals surface area (Å²) in [4.78, 5) is 46.4. The van der Waals surface area contributed by atoms with Gasteiger partial charge in [0.2, 0.25) is 6.41 Å². The molecule has 0 aromatic heterocycles. The topological polar surface area (TPSA) is 83.9 Å².